The Bertz CT molecular complexity index is 1880. The minimum atomic E-state index is -0.340. The highest BCUT2D eigenvalue weighted by atomic mass is 32.2. The van der Waals surface area contributed by atoms with E-state index in [-0.39, 0.29) is 25.2 Å². The number of carbonyl (C=O) groups excluding carboxylic acids is 2. The summed E-state index contributed by atoms with van der Waals surface area (Å²) in [5.74, 6) is 2.12. The predicted octanol–water partition coefficient (Wildman–Crippen LogP) is 10.9. The number of ether oxygens (including phenoxy) is 4. The zero-order chi connectivity index (χ0) is 34.0. The van der Waals surface area contributed by atoms with Crippen molar-refractivity contribution in [2.45, 2.75) is 36.9 Å². The molecule has 0 aromatic heterocycles. The van der Waals surface area contributed by atoms with Crippen molar-refractivity contribution in [3.63, 3.8) is 0 Å². The van der Waals surface area contributed by atoms with E-state index in [4.69, 9.17) is 18.9 Å². The second kappa shape index (κ2) is 15.9. The summed E-state index contributed by atoms with van der Waals surface area (Å²) in [6.07, 6.45) is 0. The van der Waals surface area contributed by atoms with Crippen LogP contribution in [-0.4, -0.2) is 11.9 Å². The lowest BCUT2D eigenvalue weighted by molar-refractivity contribution is -0.143. The van der Waals surface area contributed by atoms with Gasteiger partial charge in [-0.3, -0.25) is 9.59 Å². The fourth-order valence-corrected chi connectivity index (χ4v) is 6.03. The molecule has 0 atom stereocenters. The van der Waals surface area contributed by atoms with Crippen LogP contribution in [0.1, 0.15) is 25.0 Å². The summed E-state index contributed by atoms with van der Waals surface area (Å²) in [6.45, 7) is 3.10. The summed E-state index contributed by atoms with van der Waals surface area (Å²) >= 11 is 1.66. The minimum absolute atomic E-state index is 0.144. The van der Waals surface area contributed by atoms with Gasteiger partial charge in [-0.05, 0) is 95.1 Å². The van der Waals surface area contributed by atoms with E-state index in [1.54, 1.807) is 11.8 Å². The Balaban J connectivity index is 1.17. The van der Waals surface area contributed by atoms with E-state index in [1.165, 1.54) is 13.8 Å². The molecule has 6 nitrogen and oxygen atoms in total. The fourth-order valence-electron chi connectivity index (χ4n) is 5.22. The fraction of sp³-hybridized carbons (Fsp3) is 0.0952. The normalized spacial score (nSPS) is 10.7. The zero-order valence-corrected chi connectivity index (χ0v) is 27.9. The lowest BCUT2D eigenvalue weighted by Crippen LogP contribution is -2.01. The first kappa shape index (κ1) is 33.1. The van der Waals surface area contributed by atoms with Crippen LogP contribution in [0.15, 0.2) is 155 Å². The molecule has 6 aromatic rings. The van der Waals surface area contributed by atoms with Gasteiger partial charge in [0.2, 0.25) is 0 Å². The average molecular weight is 667 g/mol. The second-order valence-electron chi connectivity index (χ2n) is 11.2. The van der Waals surface area contributed by atoms with Crippen LogP contribution < -0.4 is 9.47 Å². The molecule has 49 heavy (non-hydrogen) atoms. The van der Waals surface area contributed by atoms with Crippen molar-refractivity contribution >= 4 is 23.7 Å². The molecule has 0 amide bonds. The lowest BCUT2D eigenvalue weighted by atomic mass is 10.00. The molecule has 0 saturated heterocycles. The number of hydrogen-bond acceptors (Lipinski definition) is 7. The molecule has 0 aliphatic heterocycles. The number of esters is 2. The lowest BCUT2D eigenvalue weighted by Gasteiger charge is -2.14. The summed E-state index contributed by atoms with van der Waals surface area (Å²) < 4.78 is 22.8. The Kier molecular flexibility index (Phi) is 10.7. The molecule has 0 saturated carbocycles. The highest BCUT2D eigenvalue weighted by Gasteiger charge is 2.12. The molecular formula is C42H34O6S. The highest BCUT2D eigenvalue weighted by molar-refractivity contribution is 7.99. The van der Waals surface area contributed by atoms with Crippen molar-refractivity contribution in [1.82, 2.24) is 0 Å². The quantitative estimate of drug-likeness (QED) is 0.120. The molecular weight excluding hydrogens is 633 g/mol. The molecule has 0 aliphatic rings. The first-order chi connectivity index (χ1) is 23.9. The van der Waals surface area contributed by atoms with Crippen LogP contribution >= 0.6 is 11.8 Å². The molecule has 0 bridgehead atoms. The smallest absolute Gasteiger partial charge is 0.302 e. The van der Waals surface area contributed by atoms with E-state index >= 15 is 0 Å². The van der Waals surface area contributed by atoms with Crippen LogP contribution in [0.25, 0.3) is 22.3 Å². The average Bonchev–Trinajstić information content (AvgIpc) is 3.12. The minimum Gasteiger partial charge on any atom is -0.461 e. The summed E-state index contributed by atoms with van der Waals surface area (Å²) in [7, 11) is 0. The third kappa shape index (κ3) is 9.18. The van der Waals surface area contributed by atoms with Gasteiger partial charge in [0.1, 0.15) is 36.2 Å². The molecule has 0 spiro atoms. The van der Waals surface area contributed by atoms with Crippen molar-refractivity contribution in [1.29, 1.82) is 0 Å². The molecule has 0 N–H and O–H groups in total. The number of rotatable bonds is 12. The first-order valence-corrected chi connectivity index (χ1v) is 16.6. The van der Waals surface area contributed by atoms with Gasteiger partial charge in [0.05, 0.1) is 0 Å². The van der Waals surface area contributed by atoms with Crippen LogP contribution in [0.4, 0.5) is 0 Å². The van der Waals surface area contributed by atoms with Gasteiger partial charge >= 0.3 is 11.9 Å². The molecule has 0 radical (unpaired) electrons. The number of carbonyl (C=O) groups is 2. The van der Waals surface area contributed by atoms with Gasteiger partial charge in [0.25, 0.3) is 0 Å². The highest BCUT2D eigenvalue weighted by Crippen LogP contribution is 2.36. The largest absolute Gasteiger partial charge is 0.461 e. The summed E-state index contributed by atoms with van der Waals surface area (Å²) in [5, 5.41) is 0. The number of para-hydroxylation sites is 2. The van der Waals surface area contributed by atoms with Crippen molar-refractivity contribution in [2.75, 3.05) is 0 Å². The van der Waals surface area contributed by atoms with E-state index in [0.29, 0.717) is 11.5 Å². The first-order valence-electron chi connectivity index (χ1n) is 15.8. The number of benzene rings is 6. The van der Waals surface area contributed by atoms with Crippen molar-refractivity contribution in [2.24, 2.45) is 0 Å². The van der Waals surface area contributed by atoms with Gasteiger partial charge in [-0.25, -0.2) is 0 Å². The van der Waals surface area contributed by atoms with E-state index in [2.05, 4.69) is 48.5 Å². The molecule has 6 rings (SSSR count). The van der Waals surface area contributed by atoms with Crippen molar-refractivity contribution in [3.05, 3.63) is 157 Å². The van der Waals surface area contributed by atoms with Crippen LogP contribution in [-0.2, 0) is 32.3 Å². The van der Waals surface area contributed by atoms with E-state index in [1.807, 2.05) is 97.1 Å². The van der Waals surface area contributed by atoms with Crippen molar-refractivity contribution in [3.8, 4) is 45.3 Å². The molecule has 0 unspecified atom stereocenters. The summed E-state index contributed by atoms with van der Waals surface area (Å²) in [6, 6.07) is 47.4. The SMILES string of the molecule is CC(=O)OCc1cc(Oc2ccccc2)ccc1-c1ccc(Sc2ccc(-c3ccc(Oc4ccccc4)cc3COC(C)=O)cc2)cc1. The molecule has 0 fully saturated rings. The Morgan fingerprint density at radius 3 is 1.22 bits per heavy atom. The van der Waals surface area contributed by atoms with Crippen LogP contribution in [0, 0.1) is 0 Å². The molecule has 0 heterocycles. The Morgan fingerprint density at radius 1 is 0.469 bits per heavy atom. The van der Waals surface area contributed by atoms with Gasteiger partial charge in [-0.2, -0.15) is 0 Å². The maximum absolute atomic E-state index is 11.6. The van der Waals surface area contributed by atoms with Gasteiger partial charge in [-0.1, -0.05) is 84.6 Å². The van der Waals surface area contributed by atoms with Gasteiger partial charge in [-0.15, -0.1) is 0 Å². The predicted molar refractivity (Wildman–Crippen MR) is 192 cm³/mol. The van der Waals surface area contributed by atoms with Gasteiger partial charge < -0.3 is 18.9 Å². The zero-order valence-electron chi connectivity index (χ0n) is 27.1. The topological polar surface area (TPSA) is 71.1 Å². The third-order valence-electron chi connectivity index (χ3n) is 7.54. The monoisotopic (exact) mass is 666 g/mol. The van der Waals surface area contributed by atoms with Gasteiger partial charge in [0.15, 0.2) is 0 Å². The van der Waals surface area contributed by atoms with Crippen molar-refractivity contribution < 1.29 is 28.5 Å². The van der Waals surface area contributed by atoms with Crippen LogP contribution in [0.5, 0.6) is 23.0 Å². The Labute approximate surface area is 290 Å². The van der Waals surface area contributed by atoms with Gasteiger partial charge in [0, 0.05) is 34.8 Å². The molecule has 244 valence electrons. The van der Waals surface area contributed by atoms with E-state index < -0.39 is 0 Å². The maximum atomic E-state index is 11.6. The number of hydrogen-bond donors (Lipinski definition) is 0. The van der Waals surface area contributed by atoms with Crippen LogP contribution in [0.3, 0.4) is 0 Å². The summed E-state index contributed by atoms with van der Waals surface area (Å²) in [5.41, 5.74) is 5.65. The van der Waals surface area contributed by atoms with Crippen LogP contribution in [0.2, 0.25) is 0 Å². The maximum Gasteiger partial charge on any atom is 0.302 e. The molecule has 7 heteroatoms. The third-order valence-corrected chi connectivity index (χ3v) is 8.56. The van der Waals surface area contributed by atoms with E-state index in [9.17, 15) is 9.59 Å². The summed E-state index contributed by atoms with van der Waals surface area (Å²) in [4.78, 5) is 25.4. The standard InChI is InChI=1S/C42H34O6S/c1-29(43)45-27-33-25-37(47-35-9-5-3-6-10-35)17-23-41(33)31-13-19-39(20-14-31)49-40-21-15-32(16-22-40)42-24-18-38(26-34(42)28-46-30(2)44)48-36-11-7-4-8-12-36/h3-26H,27-28H2,1-2H3. The molecule has 0 aliphatic carbocycles. The van der Waals surface area contributed by atoms with E-state index in [0.717, 1.165) is 54.7 Å². The Morgan fingerprint density at radius 2 is 0.857 bits per heavy atom. The second-order valence-corrected chi connectivity index (χ2v) is 12.3. The Hall–Kier alpha value is -5.79. The molecule has 6 aromatic carbocycles.